The van der Waals surface area contributed by atoms with E-state index in [-0.39, 0.29) is 24.3 Å². The molecule has 1 amide bonds. The molecule has 4 heterocycles. The molecule has 11 heteroatoms. The molecule has 0 aliphatic carbocycles. The summed E-state index contributed by atoms with van der Waals surface area (Å²) in [4.78, 5) is 34.6. The van der Waals surface area contributed by atoms with Crippen LogP contribution in [0.5, 0.6) is 0 Å². The summed E-state index contributed by atoms with van der Waals surface area (Å²) in [5, 5.41) is 11.2. The summed E-state index contributed by atoms with van der Waals surface area (Å²) in [5.41, 5.74) is 8.63. The zero-order chi connectivity index (χ0) is 21.5. The molecule has 5 rings (SSSR count). The van der Waals surface area contributed by atoms with E-state index in [1.165, 1.54) is 6.33 Å². The number of benzene rings is 1. The van der Waals surface area contributed by atoms with Crippen molar-refractivity contribution >= 4 is 45.5 Å². The van der Waals surface area contributed by atoms with Gasteiger partial charge < -0.3 is 25.3 Å². The molecule has 4 aromatic rings. The highest BCUT2D eigenvalue weighted by atomic mass is 35.5. The summed E-state index contributed by atoms with van der Waals surface area (Å²) in [6, 6.07) is 5.18. The Morgan fingerprint density at radius 1 is 1.29 bits per heavy atom. The van der Waals surface area contributed by atoms with Crippen molar-refractivity contribution in [1.29, 1.82) is 0 Å². The van der Waals surface area contributed by atoms with Gasteiger partial charge in [-0.25, -0.2) is 19.9 Å². The normalized spacial score (nSPS) is 19.0. The summed E-state index contributed by atoms with van der Waals surface area (Å²) in [6.07, 6.45) is 3.92. The number of hydrogen-bond acceptors (Lipinski definition) is 7. The molecular formula is C20H21ClN8O2. The first-order valence-electron chi connectivity index (χ1n) is 10.0. The van der Waals surface area contributed by atoms with E-state index in [4.69, 9.17) is 17.3 Å². The second-order valence-corrected chi connectivity index (χ2v) is 8.15. The van der Waals surface area contributed by atoms with Gasteiger partial charge in [-0.15, -0.1) is 0 Å². The number of amides is 1. The van der Waals surface area contributed by atoms with Crippen LogP contribution in [0.15, 0.2) is 30.9 Å². The molecule has 1 aliphatic rings. The monoisotopic (exact) mass is 440 g/mol. The number of aryl methyl sites for hydroxylation is 1. The summed E-state index contributed by atoms with van der Waals surface area (Å²) < 4.78 is 1.77. The van der Waals surface area contributed by atoms with Crippen LogP contribution >= 0.6 is 11.6 Å². The van der Waals surface area contributed by atoms with Crippen molar-refractivity contribution in [3.05, 3.63) is 41.7 Å². The van der Waals surface area contributed by atoms with E-state index in [0.29, 0.717) is 42.0 Å². The topological polar surface area (TPSA) is 139 Å². The Morgan fingerprint density at radius 3 is 3.03 bits per heavy atom. The number of nitrogens with one attached hydrogen (secondary N) is 1. The van der Waals surface area contributed by atoms with Crippen molar-refractivity contribution < 1.29 is 9.90 Å². The van der Waals surface area contributed by atoms with Gasteiger partial charge in [0.15, 0.2) is 11.5 Å². The molecule has 0 radical (unpaired) electrons. The van der Waals surface area contributed by atoms with Gasteiger partial charge >= 0.3 is 0 Å². The summed E-state index contributed by atoms with van der Waals surface area (Å²) in [6.45, 7) is 0.658. The van der Waals surface area contributed by atoms with Crippen LogP contribution in [0, 0.1) is 0 Å². The average molecular weight is 441 g/mol. The van der Waals surface area contributed by atoms with Crippen molar-refractivity contribution in [2.75, 3.05) is 18.8 Å². The highest BCUT2D eigenvalue weighted by molar-refractivity contribution is 6.31. The third-order valence-electron chi connectivity index (χ3n) is 5.65. The molecular weight excluding hydrogens is 420 g/mol. The molecule has 0 unspecified atom stereocenters. The van der Waals surface area contributed by atoms with E-state index >= 15 is 0 Å². The van der Waals surface area contributed by atoms with Gasteiger partial charge in [-0.1, -0.05) is 11.6 Å². The first-order valence-corrected chi connectivity index (χ1v) is 10.4. The van der Waals surface area contributed by atoms with E-state index < -0.39 is 6.10 Å². The number of likely N-dealkylation sites (tertiary alicyclic amines) is 1. The highest BCUT2D eigenvalue weighted by Gasteiger charge is 2.36. The van der Waals surface area contributed by atoms with Gasteiger partial charge in [0.1, 0.15) is 17.7 Å². The molecule has 1 aromatic carbocycles. The van der Waals surface area contributed by atoms with Crippen molar-refractivity contribution in [2.24, 2.45) is 0 Å². The van der Waals surface area contributed by atoms with Gasteiger partial charge in [-0.2, -0.15) is 0 Å². The minimum absolute atomic E-state index is 0.000679. The molecule has 10 nitrogen and oxygen atoms in total. The molecule has 0 saturated carbocycles. The van der Waals surface area contributed by atoms with Crippen LogP contribution in [0.3, 0.4) is 0 Å². The van der Waals surface area contributed by atoms with Crippen molar-refractivity contribution in [3.8, 4) is 0 Å². The molecule has 2 atom stereocenters. The van der Waals surface area contributed by atoms with Crippen molar-refractivity contribution in [3.63, 3.8) is 0 Å². The average Bonchev–Trinajstić information content (AvgIpc) is 3.44. The lowest BCUT2D eigenvalue weighted by Gasteiger charge is -2.17. The number of imidazole rings is 2. The summed E-state index contributed by atoms with van der Waals surface area (Å²) in [7, 11) is 0. The number of carbonyl (C=O) groups excluding carboxylic acids is 1. The second-order valence-electron chi connectivity index (χ2n) is 7.71. The van der Waals surface area contributed by atoms with Gasteiger partial charge in [0.2, 0.25) is 5.91 Å². The first-order chi connectivity index (χ1) is 15.0. The minimum atomic E-state index is -0.710. The van der Waals surface area contributed by atoms with E-state index in [2.05, 4.69) is 24.9 Å². The zero-order valence-electron chi connectivity index (χ0n) is 16.6. The number of anilines is 1. The number of aliphatic hydroxyl groups is 1. The minimum Gasteiger partial charge on any atom is -0.389 e. The van der Waals surface area contributed by atoms with E-state index in [9.17, 15) is 9.90 Å². The van der Waals surface area contributed by atoms with E-state index in [0.717, 1.165) is 16.9 Å². The molecule has 0 spiro atoms. The Morgan fingerprint density at radius 2 is 2.16 bits per heavy atom. The molecule has 31 heavy (non-hydrogen) atoms. The van der Waals surface area contributed by atoms with Crippen LogP contribution in [0.2, 0.25) is 5.02 Å². The van der Waals surface area contributed by atoms with Crippen LogP contribution in [-0.4, -0.2) is 64.6 Å². The number of hydrogen-bond donors (Lipinski definition) is 3. The van der Waals surface area contributed by atoms with E-state index in [1.807, 2.05) is 12.1 Å². The number of rotatable bonds is 5. The number of halogens is 1. The Hall–Kier alpha value is -3.24. The number of nitrogen functional groups attached to an aromatic ring is 1. The zero-order valence-corrected chi connectivity index (χ0v) is 17.3. The molecule has 1 saturated heterocycles. The summed E-state index contributed by atoms with van der Waals surface area (Å²) in [5.74, 6) is 1.11. The summed E-state index contributed by atoms with van der Waals surface area (Å²) >= 11 is 6.01. The molecule has 0 bridgehead atoms. The maximum absolute atomic E-state index is 12.7. The second kappa shape index (κ2) is 7.78. The van der Waals surface area contributed by atoms with Crippen LogP contribution in [-0.2, 0) is 11.2 Å². The number of β-amino-alcohol motifs (C(OH)–C–C–N with tert-alkyl or cyclic N) is 1. The molecule has 1 aliphatic heterocycles. The fourth-order valence-corrected chi connectivity index (χ4v) is 4.25. The number of aromatic nitrogens is 6. The maximum Gasteiger partial charge on any atom is 0.222 e. The molecule has 160 valence electrons. The number of fused-ring (bicyclic) bond motifs is 2. The number of nitrogens with zero attached hydrogens (tertiary/aromatic N) is 6. The van der Waals surface area contributed by atoms with Crippen LogP contribution in [0.4, 0.5) is 5.82 Å². The number of aromatic amines is 1. The Labute approximate surface area is 182 Å². The Kier molecular flexibility index (Phi) is 4.95. The quantitative estimate of drug-likeness (QED) is 0.429. The lowest BCUT2D eigenvalue weighted by atomic mass is 10.2. The van der Waals surface area contributed by atoms with Gasteiger partial charge in [-0.05, 0) is 24.6 Å². The number of nitrogens with two attached hydrogens (primary N) is 1. The first kappa shape index (κ1) is 19.7. The maximum atomic E-state index is 12.7. The fourth-order valence-electron chi connectivity index (χ4n) is 4.08. The largest absolute Gasteiger partial charge is 0.389 e. The van der Waals surface area contributed by atoms with Crippen LogP contribution in [0.1, 0.15) is 24.7 Å². The number of carbonyl (C=O) groups is 1. The van der Waals surface area contributed by atoms with Crippen molar-refractivity contribution in [1.82, 2.24) is 34.4 Å². The molecule has 1 fully saturated rings. The number of aliphatic hydroxyl groups excluding tert-OH is 1. The highest BCUT2D eigenvalue weighted by Crippen LogP contribution is 2.27. The van der Waals surface area contributed by atoms with Crippen LogP contribution < -0.4 is 5.73 Å². The number of H-pyrrole nitrogens is 1. The SMILES string of the molecule is Nc1ncnc2c1ncn2[C@@H]1CN(C(=O)CCCc2nc3ccc(Cl)cc3[nH]2)C[C@H]1O. The lowest BCUT2D eigenvalue weighted by Crippen LogP contribution is -2.29. The predicted octanol–water partition coefficient (Wildman–Crippen LogP) is 1.71. The third-order valence-corrected chi connectivity index (χ3v) is 5.89. The van der Waals surface area contributed by atoms with Gasteiger partial charge in [-0.3, -0.25) is 4.79 Å². The standard InChI is InChI=1S/C20H21ClN8O2/c21-11-4-5-12-13(6-11)27-16(26-12)2-1-3-17(31)28-7-14(15(30)8-28)29-10-25-18-19(22)23-9-24-20(18)29/h4-6,9-10,14-15,30H,1-3,7-8H2,(H,26,27)(H2,22,23,24)/t14-,15-/m1/s1. The predicted molar refractivity (Wildman–Crippen MR) is 115 cm³/mol. The van der Waals surface area contributed by atoms with Crippen LogP contribution in [0.25, 0.3) is 22.2 Å². The third kappa shape index (κ3) is 3.68. The van der Waals surface area contributed by atoms with Gasteiger partial charge in [0.25, 0.3) is 0 Å². The Bertz CT molecular complexity index is 1270. The van der Waals surface area contributed by atoms with Crippen molar-refractivity contribution in [2.45, 2.75) is 31.4 Å². The van der Waals surface area contributed by atoms with Gasteiger partial charge in [0, 0.05) is 31.0 Å². The van der Waals surface area contributed by atoms with Gasteiger partial charge in [0.05, 0.1) is 29.5 Å². The Balaban J connectivity index is 1.21. The smallest absolute Gasteiger partial charge is 0.222 e. The lowest BCUT2D eigenvalue weighted by molar-refractivity contribution is -0.130. The molecule has 4 N–H and O–H groups in total. The van der Waals surface area contributed by atoms with E-state index in [1.54, 1.807) is 21.9 Å². The fraction of sp³-hybridized carbons (Fsp3) is 0.350. The molecule has 3 aromatic heterocycles.